The van der Waals surface area contributed by atoms with Crippen molar-refractivity contribution in [1.82, 2.24) is 14.4 Å². The van der Waals surface area contributed by atoms with E-state index in [2.05, 4.69) is 39.7 Å². The summed E-state index contributed by atoms with van der Waals surface area (Å²) in [5, 5.41) is 0. The molecule has 7 heteroatoms. The normalized spacial score (nSPS) is 14.5. The predicted octanol–water partition coefficient (Wildman–Crippen LogP) is 5.64. The van der Waals surface area contributed by atoms with Gasteiger partial charge < -0.3 is 4.90 Å². The van der Waals surface area contributed by atoms with Crippen LogP contribution in [-0.2, 0) is 6.42 Å². The van der Waals surface area contributed by atoms with Crippen molar-refractivity contribution >= 4 is 33.0 Å². The van der Waals surface area contributed by atoms with Gasteiger partial charge in [0.25, 0.3) is 6.43 Å². The summed E-state index contributed by atoms with van der Waals surface area (Å²) in [6.07, 6.45) is 4.72. The number of halogens is 3. The summed E-state index contributed by atoms with van der Waals surface area (Å²) in [5.41, 5.74) is 2.78. The molecule has 0 unspecified atom stereocenters. The lowest BCUT2D eigenvalue weighted by atomic mass is 9.99. The third-order valence-corrected chi connectivity index (χ3v) is 5.47. The fourth-order valence-corrected chi connectivity index (χ4v) is 4.12. The minimum atomic E-state index is -2.52. The molecule has 0 spiro atoms. The molecule has 3 heterocycles. The van der Waals surface area contributed by atoms with E-state index >= 15 is 0 Å². The van der Waals surface area contributed by atoms with Crippen LogP contribution >= 0.6 is 15.9 Å². The van der Waals surface area contributed by atoms with Crippen LogP contribution in [0.15, 0.2) is 35.2 Å². The van der Waals surface area contributed by atoms with Crippen LogP contribution in [0.2, 0.25) is 0 Å². The van der Waals surface area contributed by atoms with Gasteiger partial charge in [-0.3, -0.25) is 9.38 Å². The zero-order valence-corrected chi connectivity index (χ0v) is 16.2. The molecule has 1 aliphatic heterocycles. The Balaban J connectivity index is 1.92. The molecule has 0 fully saturated rings. The van der Waals surface area contributed by atoms with E-state index in [1.54, 1.807) is 18.5 Å². The van der Waals surface area contributed by atoms with Crippen LogP contribution in [0.25, 0.3) is 5.52 Å². The highest BCUT2D eigenvalue weighted by Gasteiger charge is 2.26. The molecule has 3 aromatic rings. The number of imidazole rings is 1. The van der Waals surface area contributed by atoms with Gasteiger partial charge in [0.15, 0.2) is 5.82 Å². The Morgan fingerprint density at radius 3 is 2.77 bits per heavy atom. The quantitative estimate of drug-likeness (QED) is 0.549. The molecule has 0 N–H and O–H groups in total. The van der Waals surface area contributed by atoms with Gasteiger partial charge in [0.05, 0.1) is 6.20 Å². The highest BCUT2D eigenvalue weighted by Crippen LogP contribution is 2.40. The molecule has 0 bridgehead atoms. The fraction of sp³-hybridized carbons (Fsp3) is 0.368. The van der Waals surface area contributed by atoms with Gasteiger partial charge in [-0.05, 0) is 30.5 Å². The third-order valence-electron chi connectivity index (χ3n) is 4.78. The number of alkyl halides is 2. The Morgan fingerprint density at radius 2 is 2.04 bits per heavy atom. The first-order valence-electron chi connectivity index (χ1n) is 8.67. The van der Waals surface area contributed by atoms with Gasteiger partial charge in [-0.15, -0.1) is 0 Å². The Morgan fingerprint density at radius 1 is 1.23 bits per heavy atom. The fourth-order valence-electron chi connectivity index (χ4n) is 3.56. The molecular weight excluding hydrogens is 402 g/mol. The number of nitrogens with zero attached hydrogens (tertiary/aromatic N) is 4. The maximum Gasteiger partial charge on any atom is 0.265 e. The number of aryl methyl sites for hydroxylation is 1. The van der Waals surface area contributed by atoms with Gasteiger partial charge in [-0.2, -0.15) is 0 Å². The summed E-state index contributed by atoms with van der Waals surface area (Å²) < 4.78 is 29.3. The van der Waals surface area contributed by atoms with E-state index in [9.17, 15) is 8.78 Å². The number of rotatable bonds is 3. The molecular formula is C19H19BrF2N4. The summed E-state index contributed by atoms with van der Waals surface area (Å²) in [6.45, 7) is 4.93. The monoisotopic (exact) mass is 420 g/mol. The maximum atomic E-state index is 13.4. The average Bonchev–Trinajstić information content (AvgIpc) is 3.00. The molecule has 0 saturated heterocycles. The molecule has 136 valence electrons. The molecule has 0 saturated carbocycles. The smallest absolute Gasteiger partial charge is 0.265 e. The molecule has 0 atom stereocenters. The van der Waals surface area contributed by atoms with E-state index in [0.29, 0.717) is 4.47 Å². The predicted molar refractivity (Wildman–Crippen MR) is 102 cm³/mol. The van der Waals surface area contributed by atoms with Crippen molar-refractivity contribution in [3.05, 3.63) is 52.1 Å². The number of hydrogen-bond donors (Lipinski definition) is 0. The van der Waals surface area contributed by atoms with E-state index in [0.717, 1.165) is 47.8 Å². The summed E-state index contributed by atoms with van der Waals surface area (Å²) in [4.78, 5) is 11.2. The maximum absolute atomic E-state index is 13.4. The zero-order valence-electron chi connectivity index (χ0n) is 14.6. The number of benzene rings is 1. The molecule has 0 amide bonds. The molecule has 1 aromatic carbocycles. The Kier molecular flexibility index (Phi) is 4.42. The van der Waals surface area contributed by atoms with Crippen molar-refractivity contribution in [1.29, 1.82) is 0 Å². The van der Waals surface area contributed by atoms with Gasteiger partial charge in [0.2, 0.25) is 0 Å². The number of hydrogen-bond acceptors (Lipinski definition) is 3. The lowest BCUT2D eigenvalue weighted by molar-refractivity contribution is 0.150. The Labute approximate surface area is 159 Å². The van der Waals surface area contributed by atoms with Crippen LogP contribution in [0.5, 0.6) is 0 Å². The van der Waals surface area contributed by atoms with E-state index in [1.807, 2.05) is 16.7 Å². The second kappa shape index (κ2) is 6.61. The zero-order chi connectivity index (χ0) is 18.4. The first-order chi connectivity index (χ1) is 12.5. The van der Waals surface area contributed by atoms with Gasteiger partial charge in [0.1, 0.15) is 11.3 Å². The molecule has 4 nitrogen and oxygen atoms in total. The van der Waals surface area contributed by atoms with E-state index in [4.69, 9.17) is 4.98 Å². The van der Waals surface area contributed by atoms with Crippen LogP contribution < -0.4 is 4.90 Å². The minimum Gasteiger partial charge on any atom is -0.324 e. The highest BCUT2D eigenvalue weighted by molar-refractivity contribution is 9.10. The Bertz CT molecular complexity index is 968. The topological polar surface area (TPSA) is 33.4 Å². The van der Waals surface area contributed by atoms with Crippen molar-refractivity contribution in [3.63, 3.8) is 0 Å². The number of anilines is 2. The summed E-state index contributed by atoms with van der Waals surface area (Å²) in [5.74, 6) is 1.96. The first kappa shape index (κ1) is 17.4. The van der Waals surface area contributed by atoms with E-state index in [1.165, 1.54) is 0 Å². The van der Waals surface area contributed by atoms with Crippen molar-refractivity contribution < 1.29 is 8.78 Å². The standard InChI is InChI=1S/C19H19BrF2N4/c1-11(2)18-24-19(16-10-23-5-7-26(16)18)25-6-3-4-12-8-14(20)13(17(21)22)9-15(12)25/h5,7-11,17H,3-4,6H2,1-2H3. The molecule has 0 radical (unpaired) electrons. The second-order valence-corrected chi connectivity index (χ2v) is 7.69. The average molecular weight is 421 g/mol. The summed E-state index contributed by atoms with van der Waals surface area (Å²) in [6, 6.07) is 3.42. The van der Waals surface area contributed by atoms with Crippen molar-refractivity contribution in [2.24, 2.45) is 0 Å². The van der Waals surface area contributed by atoms with E-state index in [-0.39, 0.29) is 11.5 Å². The van der Waals surface area contributed by atoms with Crippen molar-refractivity contribution in [2.75, 3.05) is 11.4 Å². The van der Waals surface area contributed by atoms with Gasteiger partial charge in [0, 0.05) is 40.6 Å². The molecule has 2 aromatic heterocycles. The van der Waals surface area contributed by atoms with Crippen LogP contribution in [0.4, 0.5) is 20.3 Å². The third kappa shape index (κ3) is 2.78. The van der Waals surface area contributed by atoms with Gasteiger partial charge in [-0.25, -0.2) is 13.8 Å². The first-order valence-corrected chi connectivity index (χ1v) is 9.46. The van der Waals surface area contributed by atoms with Crippen LogP contribution in [0.1, 0.15) is 49.6 Å². The lowest BCUT2D eigenvalue weighted by Crippen LogP contribution is -2.25. The van der Waals surface area contributed by atoms with E-state index < -0.39 is 6.43 Å². The molecule has 4 rings (SSSR count). The molecule has 26 heavy (non-hydrogen) atoms. The Hall–Kier alpha value is -2.02. The van der Waals surface area contributed by atoms with Gasteiger partial charge >= 0.3 is 0 Å². The summed E-state index contributed by atoms with van der Waals surface area (Å²) >= 11 is 3.29. The number of aromatic nitrogens is 3. The van der Waals surface area contributed by atoms with Crippen LogP contribution in [0.3, 0.4) is 0 Å². The highest BCUT2D eigenvalue weighted by atomic mass is 79.9. The SMILES string of the molecule is CC(C)c1nc(N2CCCc3cc(Br)c(C(F)F)cc32)c2cnccn12. The van der Waals surface area contributed by atoms with Crippen molar-refractivity contribution in [3.8, 4) is 0 Å². The van der Waals surface area contributed by atoms with Crippen molar-refractivity contribution in [2.45, 2.75) is 39.0 Å². The molecule has 1 aliphatic rings. The summed E-state index contributed by atoms with van der Waals surface area (Å²) in [7, 11) is 0. The second-order valence-electron chi connectivity index (χ2n) is 6.84. The number of fused-ring (bicyclic) bond motifs is 2. The lowest BCUT2D eigenvalue weighted by Gasteiger charge is -2.30. The van der Waals surface area contributed by atoms with Gasteiger partial charge in [-0.1, -0.05) is 29.8 Å². The largest absolute Gasteiger partial charge is 0.324 e. The van der Waals surface area contributed by atoms with Crippen LogP contribution in [-0.4, -0.2) is 20.9 Å². The molecule has 0 aliphatic carbocycles. The van der Waals surface area contributed by atoms with Crippen LogP contribution in [0, 0.1) is 0 Å². The minimum absolute atomic E-state index is 0.0152.